The molecule has 2 amide bonds. The monoisotopic (exact) mass is 250 g/mol. The molecule has 5 nitrogen and oxygen atoms in total. The fourth-order valence-corrected chi connectivity index (χ4v) is 1.43. The van der Waals surface area contributed by atoms with Crippen molar-refractivity contribution in [3.63, 3.8) is 0 Å². The molecule has 18 heavy (non-hydrogen) atoms. The number of benzene rings is 1. The highest BCUT2D eigenvalue weighted by Gasteiger charge is 2.04. The average molecular weight is 250 g/mol. The van der Waals surface area contributed by atoms with Crippen molar-refractivity contribution in [3.8, 4) is 0 Å². The molecule has 1 aromatic carbocycles. The van der Waals surface area contributed by atoms with Crippen LogP contribution < -0.4 is 10.6 Å². The second kappa shape index (κ2) is 8.25. The predicted octanol–water partition coefficient (Wildman–Crippen LogP) is 0.305. The molecule has 98 valence electrons. The SMILES string of the molecule is O=C(CCCNC(=O)c1ccccc1)NCCO. The van der Waals surface area contributed by atoms with E-state index in [0.717, 1.165) is 0 Å². The maximum absolute atomic E-state index is 11.6. The smallest absolute Gasteiger partial charge is 0.251 e. The Bertz CT molecular complexity index is 379. The minimum absolute atomic E-state index is 0.0590. The molecule has 0 aromatic heterocycles. The fourth-order valence-electron chi connectivity index (χ4n) is 1.43. The number of hydrogen-bond donors (Lipinski definition) is 3. The molecule has 1 rings (SSSR count). The number of nitrogens with one attached hydrogen (secondary N) is 2. The Kier molecular flexibility index (Phi) is 6.50. The number of amides is 2. The Morgan fingerprint density at radius 2 is 1.78 bits per heavy atom. The van der Waals surface area contributed by atoms with Crippen LogP contribution in [0.15, 0.2) is 30.3 Å². The van der Waals surface area contributed by atoms with Crippen molar-refractivity contribution in [1.82, 2.24) is 10.6 Å². The summed E-state index contributed by atoms with van der Waals surface area (Å²) in [6.45, 7) is 0.673. The van der Waals surface area contributed by atoms with E-state index in [0.29, 0.717) is 24.9 Å². The Balaban J connectivity index is 2.15. The van der Waals surface area contributed by atoms with Gasteiger partial charge in [-0.25, -0.2) is 0 Å². The summed E-state index contributed by atoms with van der Waals surface area (Å²) in [6, 6.07) is 8.93. The summed E-state index contributed by atoms with van der Waals surface area (Å²) in [6.07, 6.45) is 0.922. The van der Waals surface area contributed by atoms with Crippen molar-refractivity contribution in [2.24, 2.45) is 0 Å². The molecular weight excluding hydrogens is 232 g/mol. The van der Waals surface area contributed by atoms with Crippen LogP contribution in [0.1, 0.15) is 23.2 Å². The number of carbonyl (C=O) groups excluding carboxylic acids is 2. The van der Waals surface area contributed by atoms with Gasteiger partial charge in [-0.05, 0) is 18.6 Å². The Hall–Kier alpha value is -1.88. The van der Waals surface area contributed by atoms with Crippen molar-refractivity contribution in [2.45, 2.75) is 12.8 Å². The summed E-state index contributed by atoms with van der Waals surface area (Å²) < 4.78 is 0. The third kappa shape index (κ3) is 5.45. The lowest BCUT2D eigenvalue weighted by Gasteiger charge is -2.05. The van der Waals surface area contributed by atoms with Crippen LogP contribution in [-0.2, 0) is 4.79 Å². The topological polar surface area (TPSA) is 78.4 Å². The van der Waals surface area contributed by atoms with Gasteiger partial charge in [0, 0.05) is 25.1 Å². The van der Waals surface area contributed by atoms with Crippen LogP contribution in [0.2, 0.25) is 0 Å². The van der Waals surface area contributed by atoms with E-state index >= 15 is 0 Å². The minimum atomic E-state index is -0.133. The maximum Gasteiger partial charge on any atom is 0.251 e. The molecule has 1 aromatic rings. The molecule has 0 heterocycles. The number of aliphatic hydroxyl groups is 1. The molecule has 0 saturated heterocycles. The van der Waals surface area contributed by atoms with Gasteiger partial charge in [-0.15, -0.1) is 0 Å². The molecule has 0 unspecified atom stereocenters. The summed E-state index contributed by atoms with van der Waals surface area (Å²) in [5, 5.41) is 13.8. The Labute approximate surface area is 106 Å². The van der Waals surface area contributed by atoms with Crippen LogP contribution in [0.3, 0.4) is 0 Å². The van der Waals surface area contributed by atoms with Gasteiger partial charge < -0.3 is 15.7 Å². The molecule has 0 fully saturated rings. The molecule has 0 bridgehead atoms. The highest BCUT2D eigenvalue weighted by atomic mass is 16.3. The zero-order valence-corrected chi connectivity index (χ0v) is 10.2. The number of carbonyl (C=O) groups is 2. The third-order valence-electron chi connectivity index (χ3n) is 2.34. The first-order chi connectivity index (χ1) is 8.74. The first-order valence-corrected chi connectivity index (χ1v) is 5.95. The second-order valence-corrected chi connectivity index (χ2v) is 3.80. The first kappa shape index (κ1) is 14.2. The molecule has 0 spiro atoms. The van der Waals surface area contributed by atoms with Gasteiger partial charge in [0.15, 0.2) is 0 Å². The molecule has 0 aliphatic heterocycles. The van der Waals surface area contributed by atoms with E-state index in [-0.39, 0.29) is 25.0 Å². The standard InChI is InChI=1S/C13H18N2O3/c16-10-9-14-12(17)7-4-8-15-13(18)11-5-2-1-3-6-11/h1-3,5-6,16H,4,7-10H2,(H,14,17)(H,15,18). The lowest BCUT2D eigenvalue weighted by molar-refractivity contribution is -0.121. The van der Waals surface area contributed by atoms with Crippen molar-refractivity contribution in [2.75, 3.05) is 19.7 Å². The Morgan fingerprint density at radius 3 is 2.44 bits per heavy atom. The van der Waals surface area contributed by atoms with Gasteiger partial charge >= 0.3 is 0 Å². The van der Waals surface area contributed by atoms with E-state index < -0.39 is 0 Å². The summed E-state index contributed by atoms with van der Waals surface area (Å²) in [5.74, 6) is -0.246. The highest BCUT2D eigenvalue weighted by molar-refractivity contribution is 5.94. The summed E-state index contributed by atoms with van der Waals surface area (Å²) in [4.78, 5) is 22.8. The van der Waals surface area contributed by atoms with Crippen LogP contribution in [0, 0.1) is 0 Å². The summed E-state index contributed by atoms with van der Waals surface area (Å²) >= 11 is 0. The number of rotatable bonds is 7. The van der Waals surface area contributed by atoms with Crippen LogP contribution in [0.4, 0.5) is 0 Å². The van der Waals surface area contributed by atoms with Crippen molar-refractivity contribution < 1.29 is 14.7 Å². The van der Waals surface area contributed by atoms with Crippen LogP contribution in [-0.4, -0.2) is 36.6 Å². The van der Waals surface area contributed by atoms with Gasteiger partial charge in [-0.1, -0.05) is 18.2 Å². The molecule has 0 saturated carbocycles. The Morgan fingerprint density at radius 1 is 1.06 bits per heavy atom. The van der Waals surface area contributed by atoms with E-state index in [1.54, 1.807) is 24.3 Å². The fraction of sp³-hybridized carbons (Fsp3) is 0.385. The first-order valence-electron chi connectivity index (χ1n) is 5.95. The van der Waals surface area contributed by atoms with Gasteiger partial charge in [-0.3, -0.25) is 9.59 Å². The van der Waals surface area contributed by atoms with Gasteiger partial charge in [-0.2, -0.15) is 0 Å². The predicted molar refractivity (Wildman–Crippen MR) is 68.1 cm³/mol. The van der Waals surface area contributed by atoms with E-state index in [9.17, 15) is 9.59 Å². The van der Waals surface area contributed by atoms with Crippen LogP contribution in [0.5, 0.6) is 0 Å². The van der Waals surface area contributed by atoms with Crippen molar-refractivity contribution in [1.29, 1.82) is 0 Å². The molecule has 0 atom stereocenters. The molecule has 0 radical (unpaired) electrons. The summed E-state index contributed by atoms with van der Waals surface area (Å²) in [5.41, 5.74) is 0.613. The van der Waals surface area contributed by atoms with Crippen molar-refractivity contribution >= 4 is 11.8 Å². The van der Waals surface area contributed by atoms with Gasteiger partial charge in [0.05, 0.1) is 6.61 Å². The van der Waals surface area contributed by atoms with Gasteiger partial charge in [0.25, 0.3) is 5.91 Å². The molecule has 3 N–H and O–H groups in total. The van der Waals surface area contributed by atoms with Gasteiger partial charge in [0.2, 0.25) is 5.91 Å². The van der Waals surface area contributed by atoms with Crippen LogP contribution >= 0.6 is 0 Å². The van der Waals surface area contributed by atoms with E-state index in [1.807, 2.05) is 6.07 Å². The lowest BCUT2D eigenvalue weighted by atomic mass is 10.2. The third-order valence-corrected chi connectivity index (χ3v) is 2.34. The van der Waals surface area contributed by atoms with E-state index in [1.165, 1.54) is 0 Å². The normalized spacial score (nSPS) is 9.83. The number of hydrogen-bond acceptors (Lipinski definition) is 3. The summed E-state index contributed by atoms with van der Waals surface area (Å²) in [7, 11) is 0. The largest absolute Gasteiger partial charge is 0.395 e. The minimum Gasteiger partial charge on any atom is -0.395 e. The van der Waals surface area contributed by atoms with Crippen molar-refractivity contribution in [3.05, 3.63) is 35.9 Å². The zero-order chi connectivity index (χ0) is 13.2. The molecule has 5 heteroatoms. The second-order valence-electron chi connectivity index (χ2n) is 3.80. The quantitative estimate of drug-likeness (QED) is 0.609. The molecule has 0 aliphatic carbocycles. The molecule has 0 aliphatic rings. The number of aliphatic hydroxyl groups excluding tert-OH is 1. The maximum atomic E-state index is 11.6. The lowest BCUT2D eigenvalue weighted by Crippen LogP contribution is -2.28. The van der Waals surface area contributed by atoms with Crippen LogP contribution in [0.25, 0.3) is 0 Å². The zero-order valence-electron chi connectivity index (χ0n) is 10.2. The average Bonchev–Trinajstić information content (AvgIpc) is 2.42. The molecular formula is C13H18N2O3. The highest BCUT2D eigenvalue weighted by Crippen LogP contribution is 1.98. The van der Waals surface area contributed by atoms with E-state index in [2.05, 4.69) is 10.6 Å². The van der Waals surface area contributed by atoms with Gasteiger partial charge in [0.1, 0.15) is 0 Å². The van der Waals surface area contributed by atoms with E-state index in [4.69, 9.17) is 5.11 Å².